The fourth-order valence-corrected chi connectivity index (χ4v) is 5.23. The minimum Gasteiger partial charge on any atom is -0.456 e. The van der Waals surface area contributed by atoms with E-state index in [0.29, 0.717) is 13.0 Å². The summed E-state index contributed by atoms with van der Waals surface area (Å²) in [7, 11) is 7.55. The molecule has 32 heavy (non-hydrogen) atoms. The minimum absolute atomic E-state index is 0.0193. The fourth-order valence-electron chi connectivity index (χ4n) is 5.23. The highest BCUT2D eigenvalue weighted by Crippen LogP contribution is 2.59. The molecule has 1 aromatic carbocycles. The molecule has 0 bridgehead atoms. The third-order valence-corrected chi connectivity index (χ3v) is 7.21. The van der Waals surface area contributed by atoms with Crippen molar-refractivity contribution in [2.45, 2.75) is 76.5 Å². The van der Waals surface area contributed by atoms with E-state index >= 15 is 0 Å². The van der Waals surface area contributed by atoms with Crippen molar-refractivity contribution in [1.82, 2.24) is 0 Å². The Morgan fingerprint density at radius 1 is 1.34 bits per heavy atom. The highest BCUT2D eigenvalue weighted by Gasteiger charge is 2.72. The van der Waals surface area contributed by atoms with Gasteiger partial charge < -0.3 is 18.9 Å². The standard InChI is InChI=1S/C26H33BO5/c1-16(2)6-10-21-25(4,32-21)24-23(29-5)20(12-13-26(24)15-30-26)31-22(28)11-8-18-7-9-19(27)17(3)14-18/h6-9,11,14,20-21,23-24H,10,12-13,15H2,1-5H3/b11-8+/t20-,21-,23-,24-,25+,26+/m1/s1. The second-order valence-electron chi connectivity index (χ2n) is 9.80. The fraction of sp³-hybridized carbons (Fsp3) is 0.577. The molecule has 1 aliphatic carbocycles. The number of rotatable bonds is 7. The Hall–Kier alpha value is -1.89. The van der Waals surface area contributed by atoms with Gasteiger partial charge in [0.05, 0.1) is 18.6 Å². The molecule has 3 fully saturated rings. The molecule has 3 aliphatic rings. The summed E-state index contributed by atoms with van der Waals surface area (Å²) < 4.78 is 24.0. The number of ether oxygens (including phenoxy) is 4. The Morgan fingerprint density at radius 2 is 2.09 bits per heavy atom. The van der Waals surface area contributed by atoms with Gasteiger partial charge in [-0.1, -0.05) is 40.9 Å². The largest absolute Gasteiger partial charge is 0.456 e. The molecule has 1 aromatic rings. The lowest BCUT2D eigenvalue weighted by molar-refractivity contribution is -0.166. The van der Waals surface area contributed by atoms with Crippen LogP contribution in [0.1, 0.15) is 51.2 Å². The van der Waals surface area contributed by atoms with Crippen molar-refractivity contribution in [3.63, 3.8) is 0 Å². The van der Waals surface area contributed by atoms with Crippen LogP contribution in [0.3, 0.4) is 0 Å². The van der Waals surface area contributed by atoms with E-state index in [2.05, 4.69) is 26.8 Å². The maximum absolute atomic E-state index is 12.6. The van der Waals surface area contributed by atoms with Crippen LogP contribution < -0.4 is 5.46 Å². The van der Waals surface area contributed by atoms with E-state index in [0.717, 1.165) is 29.4 Å². The van der Waals surface area contributed by atoms with Gasteiger partial charge in [0, 0.05) is 13.2 Å². The Kier molecular flexibility index (Phi) is 6.41. The topological polar surface area (TPSA) is 60.6 Å². The maximum Gasteiger partial charge on any atom is 0.331 e. The number of carbonyl (C=O) groups excluding carboxylic acids is 1. The summed E-state index contributed by atoms with van der Waals surface area (Å²) in [6, 6.07) is 5.66. The van der Waals surface area contributed by atoms with E-state index in [1.54, 1.807) is 13.2 Å². The van der Waals surface area contributed by atoms with Gasteiger partial charge in [-0.25, -0.2) is 4.79 Å². The maximum atomic E-state index is 12.6. The van der Waals surface area contributed by atoms with Crippen LogP contribution in [-0.2, 0) is 23.7 Å². The number of allylic oxidation sites excluding steroid dienone is 1. The van der Waals surface area contributed by atoms with Crippen LogP contribution in [0.25, 0.3) is 6.08 Å². The third kappa shape index (κ3) is 4.59. The molecule has 6 heteroatoms. The third-order valence-electron chi connectivity index (χ3n) is 7.21. The molecule has 2 aliphatic heterocycles. The van der Waals surface area contributed by atoms with Crippen molar-refractivity contribution in [1.29, 1.82) is 0 Å². The molecule has 170 valence electrons. The van der Waals surface area contributed by atoms with E-state index in [4.69, 9.17) is 26.8 Å². The Morgan fingerprint density at radius 3 is 2.72 bits per heavy atom. The number of hydrogen-bond donors (Lipinski definition) is 0. The molecule has 0 N–H and O–H groups in total. The quantitative estimate of drug-likeness (QED) is 0.216. The molecule has 0 aromatic heterocycles. The van der Waals surface area contributed by atoms with E-state index in [9.17, 15) is 4.79 Å². The van der Waals surface area contributed by atoms with Gasteiger partial charge in [-0.3, -0.25) is 0 Å². The molecule has 0 amide bonds. The summed E-state index contributed by atoms with van der Waals surface area (Å²) in [5.74, 6) is -0.355. The monoisotopic (exact) mass is 436 g/mol. The smallest absolute Gasteiger partial charge is 0.331 e. The first-order chi connectivity index (χ1) is 15.2. The van der Waals surface area contributed by atoms with Gasteiger partial charge in [-0.15, -0.1) is 0 Å². The second-order valence-corrected chi connectivity index (χ2v) is 9.80. The van der Waals surface area contributed by atoms with Crippen molar-refractivity contribution in [3.8, 4) is 0 Å². The van der Waals surface area contributed by atoms with E-state index in [-0.39, 0.29) is 41.4 Å². The van der Waals surface area contributed by atoms with Gasteiger partial charge in [0.15, 0.2) is 0 Å². The SMILES string of the molecule is [B]c1ccc(/C=C/C(=O)O[C@@H]2CC[C@]3(CO3)[C@@H]([C@@]3(C)O[C@@H]3CC=C(C)C)[C@@H]2OC)cc1C. The highest BCUT2D eigenvalue weighted by atomic mass is 16.6. The number of epoxide rings is 2. The molecule has 1 spiro atoms. The summed E-state index contributed by atoms with van der Waals surface area (Å²) in [5.41, 5.74) is 3.33. The average Bonchev–Trinajstić information content (AvgIpc) is 3.66. The van der Waals surface area contributed by atoms with Crippen LogP contribution in [0, 0.1) is 12.8 Å². The summed E-state index contributed by atoms with van der Waals surface area (Å²) in [6.45, 7) is 8.99. The molecule has 2 radical (unpaired) electrons. The van der Waals surface area contributed by atoms with Gasteiger partial charge in [-0.2, -0.15) is 0 Å². The Labute approximate surface area is 192 Å². The Bertz CT molecular complexity index is 930. The molecule has 2 heterocycles. The second kappa shape index (κ2) is 8.81. The lowest BCUT2D eigenvalue weighted by Gasteiger charge is -2.42. The van der Waals surface area contributed by atoms with Crippen molar-refractivity contribution in [2.24, 2.45) is 5.92 Å². The van der Waals surface area contributed by atoms with Crippen LogP contribution in [0.4, 0.5) is 0 Å². The first-order valence-electron chi connectivity index (χ1n) is 11.4. The number of benzene rings is 1. The number of carbonyl (C=O) groups is 1. The summed E-state index contributed by atoms with van der Waals surface area (Å²) in [4.78, 5) is 12.6. The number of esters is 1. The average molecular weight is 436 g/mol. The van der Waals surface area contributed by atoms with Crippen LogP contribution >= 0.6 is 0 Å². The number of methoxy groups -OCH3 is 1. The zero-order valence-corrected chi connectivity index (χ0v) is 19.7. The molecule has 2 saturated heterocycles. The van der Waals surface area contributed by atoms with Crippen LogP contribution in [0.2, 0.25) is 0 Å². The normalized spacial score (nSPS) is 35.7. The van der Waals surface area contributed by atoms with Gasteiger partial charge >= 0.3 is 5.97 Å². The molecule has 1 saturated carbocycles. The first-order valence-corrected chi connectivity index (χ1v) is 11.4. The predicted molar refractivity (Wildman–Crippen MR) is 125 cm³/mol. The molecule has 4 rings (SSSR count). The highest BCUT2D eigenvalue weighted by molar-refractivity contribution is 6.33. The summed E-state index contributed by atoms with van der Waals surface area (Å²) in [6.07, 6.45) is 7.37. The first kappa shape index (κ1) is 23.3. The number of aryl methyl sites for hydroxylation is 1. The predicted octanol–water partition coefficient (Wildman–Crippen LogP) is 3.42. The lowest BCUT2D eigenvalue weighted by Crippen LogP contribution is -2.55. The van der Waals surface area contributed by atoms with E-state index in [1.165, 1.54) is 11.6 Å². The van der Waals surface area contributed by atoms with Gasteiger partial charge in [0.25, 0.3) is 0 Å². The van der Waals surface area contributed by atoms with Crippen molar-refractivity contribution < 1.29 is 23.7 Å². The molecule has 5 nitrogen and oxygen atoms in total. The Balaban J connectivity index is 1.45. The molecule has 6 atom stereocenters. The zero-order chi connectivity index (χ0) is 23.1. The van der Waals surface area contributed by atoms with E-state index < -0.39 is 0 Å². The molecule has 0 unspecified atom stereocenters. The van der Waals surface area contributed by atoms with Gasteiger partial charge in [0.1, 0.15) is 31.3 Å². The van der Waals surface area contributed by atoms with Crippen molar-refractivity contribution >= 4 is 25.4 Å². The number of hydrogen-bond acceptors (Lipinski definition) is 5. The van der Waals surface area contributed by atoms with E-state index in [1.807, 2.05) is 25.1 Å². The lowest BCUT2D eigenvalue weighted by atomic mass is 9.68. The van der Waals surface area contributed by atoms with Crippen molar-refractivity contribution in [2.75, 3.05) is 13.7 Å². The minimum atomic E-state index is -0.374. The van der Waals surface area contributed by atoms with Crippen LogP contribution in [-0.4, -0.2) is 57.0 Å². The molecular weight excluding hydrogens is 403 g/mol. The van der Waals surface area contributed by atoms with Crippen LogP contribution in [0.15, 0.2) is 35.9 Å². The van der Waals surface area contributed by atoms with Gasteiger partial charge in [0.2, 0.25) is 0 Å². The van der Waals surface area contributed by atoms with Crippen LogP contribution in [0.5, 0.6) is 0 Å². The van der Waals surface area contributed by atoms with Gasteiger partial charge in [-0.05, 0) is 58.6 Å². The molecular formula is C26H33BO5. The summed E-state index contributed by atoms with van der Waals surface area (Å²) >= 11 is 0. The van der Waals surface area contributed by atoms with Crippen molar-refractivity contribution in [3.05, 3.63) is 47.1 Å². The zero-order valence-electron chi connectivity index (χ0n) is 19.7. The summed E-state index contributed by atoms with van der Waals surface area (Å²) in [5, 5.41) is 0.